The maximum Gasteiger partial charge on any atom is 0.243 e. The van der Waals surface area contributed by atoms with Crippen molar-refractivity contribution < 1.29 is 8.42 Å². The van der Waals surface area contributed by atoms with E-state index in [-0.39, 0.29) is 6.04 Å². The van der Waals surface area contributed by atoms with Crippen LogP contribution in [0.1, 0.15) is 6.92 Å². The van der Waals surface area contributed by atoms with Crippen molar-refractivity contribution in [1.82, 2.24) is 7.42 Å². The van der Waals surface area contributed by atoms with E-state index in [4.69, 9.17) is 0 Å². The maximum absolute atomic E-state index is 12.3. The number of halogens is 1. The van der Waals surface area contributed by atoms with Gasteiger partial charge >= 0.3 is 0 Å². The fourth-order valence-corrected chi connectivity index (χ4v) is 3.79. The van der Waals surface area contributed by atoms with Crippen molar-refractivity contribution in [2.24, 2.45) is 0 Å². The zero-order valence-corrected chi connectivity index (χ0v) is 12.6. The zero-order valence-electron chi connectivity index (χ0n) is 9.58. The van der Waals surface area contributed by atoms with Gasteiger partial charge in [-0.2, -0.15) is 4.31 Å². The number of rotatable bonds is 2. The largest absolute Gasteiger partial charge is 0.243 e. The first-order valence-corrected chi connectivity index (χ1v) is 7.90. The fraction of sp³-hybridized carbons (Fsp3) is 0.455. The van der Waals surface area contributed by atoms with Crippen LogP contribution in [0.3, 0.4) is 0 Å². The molecule has 94 valence electrons. The molecule has 0 amide bonds. The summed E-state index contributed by atoms with van der Waals surface area (Å²) >= 11 is 2.25. The van der Waals surface area contributed by atoms with Gasteiger partial charge in [0.1, 0.15) is 0 Å². The predicted molar refractivity (Wildman–Crippen MR) is 75.4 cm³/mol. The smallest absolute Gasteiger partial charge is 0.242 e. The van der Waals surface area contributed by atoms with Gasteiger partial charge in [-0.1, -0.05) is 18.2 Å². The lowest BCUT2D eigenvalue weighted by Crippen LogP contribution is -2.49. The highest BCUT2D eigenvalue weighted by Gasteiger charge is 2.31. The summed E-state index contributed by atoms with van der Waals surface area (Å²) in [7, 11) is -3.32. The Morgan fingerprint density at radius 2 is 1.88 bits per heavy atom. The molecule has 4 nitrogen and oxygen atoms in total. The molecule has 1 unspecified atom stereocenters. The Hall–Kier alpha value is -0.180. The number of piperazine rings is 1. The standard InChI is InChI=1S/C11H15IN2O2S/c1-10-9-13(7-8-14(10)12)17(15,16)11-5-3-2-4-6-11/h2-6,10H,7-9H2,1H3. The minimum Gasteiger partial charge on any atom is -0.242 e. The van der Waals surface area contributed by atoms with Crippen molar-refractivity contribution in [3.63, 3.8) is 0 Å². The van der Waals surface area contributed by atoms with Crippen molar-refractivity contribution in [3.8, 4) is 0 Å². The molecule has 1 aromatic rings. The molecule has 0 N–H and O–H groups in total. The van der Waals surface area contributed by atoms with Gasteiger partial charge in [-0.15, -0.1) is 0 Å². The molecule has 0 radical (unpaired) electrons. The van der Waals surface area contributed by atoms with Gasteiger partial charge in [-0.05, 0) is 19.1 Å². The van der Waals surface area contributed by atoms with Crippen molar-refractivity contribution in [1.29, 1.82) is 0 Å². The molecule has 1 heterocycles. The van der Waals surface area contributed by atoms with E-state index in [0.29, 0.717) is 18.0 Å². The number of sulfonamides is 1. The van der Waals surface area contributed by atoms with Crippen molar-refractivity contribution >= 4 is 32.9 Å². The third-order valence-electron chi connectivity index (χ3n) is 2.89. The van der Waals surface area contributed by atoms with Crippen LogP contribution in [0.25, 0.3) is 0 Å². The van der Waals surface area contributed by atoms with Crippen LogP contribution in [0.15, 0.2) is 35.2 Å². The van der Waals surface area contributed by atoms with E-state index < -0.39 is 10.0 Å². The number of hydrogen-bond acceptors (Lipinski definition) is 3. The summed E-state index contributed by atoms with van der Waals surface area (Å²) < 4.78 is 28.4. The summed E-state index contributed by atoms with van der Waals surface area (Å²) in [6.45, 7) is 3.93. The first kappa shape index (κ1) is 13.3. The zero-order chi connectivity index (χ0) is 12.5. The lowest BCUT2D eigenvalue weighted by Gasteiger charge is -2.35. The molecule has 1 fully saturated rings. The Morgan fingerprint density at radius 3 is 2.47 bits per heavy atom. The molecule has 2 rings (SSSR count). The molecule has 0 bridgehead atoms. The van der Waals surface area contributed by atoms with Crippen molar-refractivity contribution in [3.05, 3.63) is 30.3 Å². The van der Waals surface area contributed by atoms with E-state index in [9.17, 15) is 8.42 Å². The second-order valence-corrected chi connectivity index (χ2v) is 7.33. The Labute approximate surface area is 116 Å². The maximum atomic E-state index is 12.3. The molecule has 0 saturated carbocycles. The average molecular weight is 366 g/mol. The van der Waals surface area contributed by atoms with E-state index in [0.717, 1.165) is 6.54 Å². The molecule has 0 aliphatic carbocycles. The quantitative estimate of drug-likeness (QED) is 0.591. The van der Waals surface area contributed by atoms with Crippen LogP contribution in [0.2, 0.25) is 0 Å². The Balaban J connectivity index is 2.23. The molecule has 1 aliphatic rings. The Bertz CT molecular complexity index is 478. The van der Waals surface area contributed by atoms with Gasteiger partial charge in [0.25, 0.3) is 0 Å². The van der Waals surface area contributed by atoms with E-state index in [1.165, 1.54) is 0 Å². The lowest BCUT2D eigenvalue weighted by atomic mass is 10.3. The summed E-state index contributed by atoms with van der Waals surface area (Å²) in [5, 5.41) is 0. The van der Waals surface area contributed by atoms with E-state index >= 15 is 0 Å². The summed E-state index contributed by atoms with van der Waals surface area (Å²) in [6.07, 6.45) is 0. The molecule has 0 aromatic heterocycles. The topological polar surface area (TPSA) is 40.6 Å². The molecule has 1 aliphatic heterocycles. The van der Waals surface area contributed by atoms with Gasteiger partial charge in [0, 0.05) is 48.5 Å². The first-order chi connectivity index (χ1) is 8.01. The molecule has 6 heteroatoms. The van der Waals surface area contributed by atoms with E-state index in [1.54, 1.807) is 28.6 Å². The van der Waals surface area contributed by atoms with Crippen LogP contribution in [0.4, 0.5) is 0 Å². The fourth-order valence-electron chi connectivity index (χ4n) is 1.86. The highest BCUT2D eigenvalue weighted by Crippen LogP contribution is 2.21. The van der Waals surface area contributed by atoms with Crippen LogP contribution in [-0.4, -0.2) is 41.5 Å². The van der Waals surface area contributed by atoms with Crippen molar-refractivity contribution in [2.45, 2.75) is 17.9 Å². The monoisotopic (exact) mass is 366 g/mol. The molecule has 1 saturated heterocycles. The predicted octanol–water partition coefficient (Wildman–Crippen LogP) is 1.73. The second kappa shape index (κ2) is 5.21. The number of hydrogen-bond donors (Lipinski definition) is 0. The van der Waals surface area contributed by atoms with Gasteiger partial charge in [0.2, 0.25) is 10.0 Å². The van der Waals surface area contributed by atoms with Gasteiger partial charge in [0.05, 0.1) is 4.90 Å². The van der Waals surface area contributed by atoms with Gasteiger partial charge in [-0.25, -0.2) is 11.5 Å². The van der Waals surface area contributed by atoms with Gasteiger partial charge in [-0.3, -0.25) is 0 Å². The van der Waals surface area contributed by atoms with E-state index in [2.05, 4.69) is 26.0 Å². The molecule has 0 spiro atoms. The van der Waals surface area contributed by atoms with Crippen LogP contribution >= 0.6 is 22.9 Å². The number of nitrogens with zero attached hydrogens (tertiary/aromatic N) is 2. The van der Waals surface area contributed by atoms with Crippen LogP contribution in [-0.2, 0) is 10.0 Å². The first-order valence-electron chi connectivity index (χ1n) is 5.49. The third kappa shape index (κ3) is 2.81. The highest BCUT2D eigenvalue weighted by molar-refractivity contribution is 14.1. The van der Waals surface area contributed by atoms with Gasteiger partial charge in [0.15, 0.2) is 0 Å². The minimum absolute atomic E-state index is 0.253. The molecular formula is C11H15IN2O2S. The molecule has 1 aromatic carbocycles. The summed E-state index contributed by atoms with van der Waals surface area (Å²) in [5.41, 5.74) is 0. The minimum atomic E-state index is -3.32. The second-order valence-electron chi connectivity index (χ2n) is 4.15. The highest BCUT2D eigenvalue weighted by atomic mass is 127. The van der Waals surface area contributed by atoms with Gasteiger partial charge < -0.3 is 0 Å². The SMILES string of the molecule is CC1CN(S(=O)(=O)c2ccccc2)CCN1I. The van der Waals surface area contributed by atoms with Crippen LogP contribution in [0, 0.1) is 0 Å². The molecular weight excluding hydrogens is 351 g/mol. The van der Waals surface area contributed by atoms with Crippen LogP contribution in [0.5, 0.6) is 0 Å². The lowest BCUT2D eigenvalue weighted by molar-refractivity contribution is 0.244. The third-order valence-corrected chi connectivity index (χ3v) is 6.20. The molecule has 17 heavy (non-hydrogen) atoms. The average Bonchev–Trinajstić information content (AvgIpc) is 2.33. The number of benzene rings is 1. The summed E-state index contributed by atoms with van der Waals surface area (Å²) in [5.74, 6) is 0. The van der Waals surface area contributed by atoms with E-state index in [1.807, 2.05) is 13.0 Å². The Kier molecular flexibility index (Phi) is 4.06. The summed E-state index contributed by atoms with van der Waals surface area (Å²) in [4.78, 5) is 0.383. The van der Waals surface area contributed by atoms with Crippen molar-refractivity contribution in [2.75, 3.05) is 19.6 Å². The normalized spacial score (nSPS) is 23.8. The molecule has 1 atom stereocenters. The van der Waals surface area contributed by atoms with Crippen LogP contribution < -0.4 is 0 Å². The Morgan fingerprint density at radius 1 is 1.24 bits per heavy atom. The summed E-state index contributed by atoms with van der Waals surface area (Å²) in [6, 6.07) is 8.88.